The lowest BCUT2D eigenvalue weighted by molar-refractivity contribution is -0.137. The summed E-state index contributed by atoms with van der Waals surface area (Å²) >= 11 is 0. The Balaban J connectivity index is 1.46. The number of nitrogens with zero attached hydrogens (tertiary/aromatic N) is 3. The Morgan fingerprint density at radius 2 is 2.10 bits per heavy atom. The molecular formula is C23H27FN4O2. The van der Waals surface area contributed by atoms with Crippen molar-refractivity contribution in [3.05, 3.63) is 60.0 Å². The highest BCUT2D eigenvalue weighted by Gasteiger charge is 2.42. The number of benzene rings is 1. The predicted octanol–water partition coefficient (Wildman–Crippen LogP) is 3.20. The van der Waals surface area contributed by atoms with Gasteiger partial charge in [-0.3, -0.25) is 14.7 Å². The topological polar surface area (TPSA) is 59.4 Å². The number of nitrogens with one attached hydrogen (secondary N) is 1. The van der Waals surface area contributed by atoms with Gasteiger partial charge in [0.2, 0.25) is 5.67 Å². The van der Waals surface area contributed by atoms with Crippen LogP contribution in [0.1, 0.15) is 24.0 Å². The maximum absolute atomic E-state index is 15.6. The maximum atomic E-state index is 15.6. The number of halogens is 1. The number of alkyl halides is 1. The summed E-state index contributed by atoms with van der Waals surface area (Å²) in [6.45, 7) is 1.75. The fourth-order valence-electron chi connectivity index (χ4n) is 4.20. The van der Waals surface area contributed by atoms with Crippen molar-refractivity contribution >= 4 is 16.8 Å². The SMILES string of the molecule is COc1ccc2c(c1)c(CN1CCCC(F)(C(=O)NCc3ccncc3)C1)cn2C. The van der Waals surface area contributed by atoms with Gasteiger partial charge >= 0.3 is 0 Å². The molecule has 4 rings (SSSR count). The molecule has 2 aromatic heterocycles. The third-order valence-corrected chi connectivity index (χ3v) is 5.80. The molecule has 1 N–H and O–H groups in total. The van der Waals surface area contributed by atoms with Crippen molar-refractivity contribution in [1.29, 1.82) is 0 Å². The van der Waals surface area contributed by atoms with E-state index >= 15 is 4.39 Å². The van der Waals surface area contributed by atoms with Gasteiger partial charge in [0.25, 0.3) is 5.91 Å². The van der Waals surface area contributed by atoms with Gasteiger partial charge in [0, 0.05) is 56.2 Å². The molecule has 0 bridgehead atoms. The Labute approximate surface area is 175 Å². The van der Waals surface area contributed by atoms with E-state index in [0.29, 0.717) is 19.5 Å². The van der Waals surface area contributed by atoms with Crippen molar-refractivity contribution in [3.8, 4) is 5.75 Å². The van der Waals surface area contributed by atoms with Gasteiger partial charge in [-0.05, 0) is 60.8 Å². The molecule has 0 radical (unpaired) electrons. The second kappa shape index (κ2) is 8.44. The Kier molecular flexibility index (Phi) is 5.72. The molecule has 6 nitrogen and oxygen atoms in total. The first-order valence-corrected chi connectivity index (χ1v) is 10.2. The van der Waals surface area contributed by atoms with E-state index in [-0.39, 0.29) is 13.0 Å². The molecule has 0 saturated carbocycles. The quantitative estimate of drug-likeness (QED) is 0.678. The van der Waals surface area contributed by atoms with Gasteiger partial charge in [-0.25, -0.2) is 4.39 Å². The smallest absolute Gasteiger partial charge is 0.259 e. The van der Waals surface area contributed by atoms with E-state index in [0.717, 1.165) is 34.3 Å². The van der Waals surface area contributed by atoms with E-state index in [4.69, 9.17) is 4.74 Å². The number of ether oxygens (including phenoxy) is 1. The molecule has 30 heavy (non-hydrogen) atoms. The van der Waals surface area contributed by atoms with Crippen LogP contribution >= 0.6 is 0 Å². The van der Waals surface area contributed by atoms with E-state index in [9.17, 15) is 4.79 Å². The van der Waals surface area contributed by atoms with E-state index in [1.54, 1.807) is 19.5 Å². The Bertz CT molecular complexity index is 1040. The molecule has 1 amide bonds. The first-order chi connectivity index (χ1) is 14.5. The molecular weight excluding hydrogens is 383 g/mol. The van der Waals surface area contributed by atoms with Crippen LogP contribution in [-0.4, -0.2) is 46.2 Å². The normalized spacial score (nSPS) is 19.7. The van der Waals surface area contributed by atoms with Crippen molar-refractivity contribution in [3.63, 3.8) is 0 Å². The largest absolute Gasteiger partial charge is 0.497 e. The van der Waals surface area contributed by atoms with Gasteiger partial charge in [-0.2, -0.15) is 0 Å². The predicted molar refractivity (Wildman–Crippen MR) is 114 cm³/mol. The molecule has 0 spiro atoms. The summed E-state index contributed by atoms with van der Waals surface area (Å²) < 4.78 is 23.0. The summed E-state index contributed by atoms with van der Waals surface area (Å²) in [6.07, 6.45) is 6.28. The number of piperidine rings is 1. The monoisotopic (exact) mass is 410 g/mol. The van der Waals surface area contributed by atoms with E-state index < -0.39 is 11.6 Å². The zero-order valence-electron chi connectivity index (χ0n) is 17.4. The minimum absolute atomic E-state index is 0.0928. The molecule has 1 fully saturated rings. The molecule has 3 aromatic rings. The Hall–Kier alpha value is -2.93. The first kappa shape index (κ1) is 20.3. The van der Waals surface area contributed by atoms with Gasteiger partial charge in [0.15, 0.2) is 0 Å². The summed E-state index contributed by atoms with van der Waals surface area (Å²) in [4.78, 5) is 18.6. The highest BCUT2D eigenvalue weighted by Crippen LogP contribution is 2.30. The second-order valence-corrected chi connectivity index (χ2v) is 7.97. The Morgan fingerprint density at radius 1 is 1.30 bits per heavy atom. The van der Waals surface area contributed by atoms with Crippen molar-refractivity contribution in [2.45, 2.75) is 31.6 Å². The van der Waals surface area contributed by atoms with Crippen LogP contribution in [0, 0.1) is 0 Å². The summed E-state index contributed by atoms with van der Waals surface area (Å²) in [6, 6.07) is 9.60. The van der Waals surface area contributed by atoms with E-state index in [1.807, 2.05) is 42.3 Å². The summed E-state index contributed by atoms with van der Waals surface area (Å²) in [5.41, 5.74) is 1.23. The molecule has 158 valence electrons. The summed E-state index contributed by atoms with van der Waals surface area (Å²) in [5, 5.41) is 3.85. The number of hydrogen-bond acceptors (Lipinski definition) is 4. The van der Waals surface area contributed by atoms with Gasteiger partial charge in [0.05, 0.1) is 7.11 Å². The standard InChI is InChI=1S/C23H27FN4O2/c1-27-14-18(20-12-19(30-2)4-5-21(20)27)15-28-11-3-8-23(24,16-28)22(29)26-13-17-6-9-25-10-7-17/h4-7,9-10,12,14H,3,8,11,13,15-16H2,1-2H3,(H,26,29). The van der Waals surface area contributed by atoms with Crippen LogP contribution in [0.4, 0.5) is 4.39 Å². The third kappa shape index (κ3) is 4.16. The Morgan fingerprint density at radius 3 is 2.87 bits per heavy atom. The van der Waals surface area contributed by atoms with Crippen LogP contribution in [0.25, 0.3) is 10.9 Å². The van der Waals surface area contributed by atoms with Gasteiger partial charge in [0.1, 0.15) is 5.75 Å². The lowest BCUT2D eigenvalue weighted by Crippen LogP contribution is -2.53. The number of hydrogen-bond donors (Lipinski definition) is 1. The second-order valence-electron chi connectivity index (χ2n) is 7.97. The lowest BCUT2D eigenvalue weighted by Gasteiger charge is -2.36. The van der Waals surface area contributed by atoms with Gasteiger partial charge in [-0.1, -0.05) is 0 Å². The molecule has 1 aliphatic heterocycles. The minimum Gasteiger partial charge on any atom is -0.497 e. The number of aryl methyl sites for hydroxylation is 1. The van der Waals surface area contributed by atoms with E-state index in [2.05, 4.69) is 21.1 Å². The molecule has 0 aliphatic carbocycles. The third-order valence-electron chi connectivity index (χ3n) is 5.80. The fourth-order valence-corrected chi connectivity index (χ4v) is 4.20. The number of amides is 1. The molecule has 1 aromatic carbocycles. The number of methoxy groups -OCH3 is 1. The van der Waals surface area contributed by atoms with Crippen molar-refractivity contribution in [2.75, 3.05) is 20.2 Å². The van der Waals surface area contributed by atoms with E-state index in [1.165, 1.54) is 0 Å². The number of likely N-dealkylation sites (tertiary alicyclic amines) is 1. The summed E-state index contributed by atoms with van der Waals surface area (Å²) in [5.74, 6) is 0.257. The summed E-state index contributed by atoms with van der Waals surface area (Å²) in [7, 11) is 3.65. The van der Waals surface area contributed by atoms with Crippen LogP contribution in [0.2, 0.25) is 0 Å². The molecule has 7 heteroatoms. The van der Waals surface area contributed by atoms with Crippen LogP contribution in [0.5, 0.6) is 5.75 Å². The molecule has 1 unspecified atom stereocenters. The average molecular weight is 410 g/mol. The number of fused-ring (bicyclic) bond motifs is 1. The number of rotatable bonds is 6. The maximum Gasteiger partial charge on any atom is 0.259 e. The molecule has 3 heterocycles. The molecule has 1 saturated heterocycles. The average Bonchev–Trinajstić information content (AvgIpc) is 3.07. The van der Waals surface area contributed by atoms with Crippen LogP contribution in [-0.2, 0) is 24.9 Å². The van der Waals surface area contributed by atoms with Crippen LogP contribution < -0.4 is 10.1 Å². The van der Waals surface area contributed by atoms with Crippen molar-refractivity contribution < 1.29 is 13.9 Å². The zero-order valence-corrected chi connectivity index (χ0v) is 17.4. The van der Waals surface area contributed by atoms with Gasteiger partial charge < -0.3 is 14.6 Å². The number of carbonyl (C=O) groups excluding carboxylic acids is 1. The minimum atomic E-state index is -1.88. The molecule has 1 atom stereocenters. The highest BCUT2D eigenvalue weighted by atomic mass is 19.1. The number of aromatic nitrogens is 2. The lowest BCUT2D eigenvalue weighted by atomic mass is 9.93. The molecule has 1 aliphatic rings. The number of carbonyl (C=O) groups is 1. The zero-order chi connectivity index (χ0) is 21.1. The number of pyridine rings is 1. The van der Waals surface area contributed by atoms with Crippen molar-refractivity contribution in [1.82, 2.24) is 19.8 Å². The van der Waals surface area contributed by atoms with Crippen LogP contribution in [0.3, 0.4) is 0 Å². The fraction of sp³-hybridized carbons (Fsp3) is 0.391. The van der Waals surface area contributed by atoms with Crippen LogP contribution in [0.15, 0.2) is 48.9 Å². The van der Waals surface area contributed by atoms with Gasteiger partial charge in [-0.15, -0.1) is 0 Å². The van der Waals surface area contributed by atoms with Crippen molar-refractivity contribution in [2.24, 2.45) is 7.05 Å². The highest BCUT2D eigenvalue weighted by molar-refractivity contribution is 5.86. The first-order valence-electron chi connectivity index (χ1n) is 10.2.